The van der Waals surface area contributed by atoms with E-state index in [1.54, 1.807) is 18.2 Å². The lowest BCUT2D eigenvalue weighted by Gasteiger charge is -2.33. The third-order valence-corrected chi connectivity index (χ3v) is 3.84. The monoisotopic (exact) mass is 316 g/mol. The molecular weight excluding hydrogens is 299 g/mol. The molecule has 1 aromatic carbocycles. The molecule has 23 heavy (non-hydrogen) atoms. The maximum Gasteiger partial charge on any atom is 0.354 e. The number of halogens is 1. The molecule has 1 N–H and O–H groups in total. The lowest BCUT2D eigenvalue weighted by molar-refractivity contribution is 0.0690. The molecule has 0 amide bonds. The fourth-order valence-electron chi connectivity index (χ4n) is 2.63. The smallest absolute Gasteiger partial charge is 0.354 e. The van der Waals surface area contributed by atoms with Crippen molar-refractivity contribution in [2.45, 2.75) is 18.9 Å². The first kappa shape index (κ1) is 15.3. The van der Waals surface area contributed by atoms with Gasteiger partial charge in [-0.2, -0.15) is 0 Å². The Hall–Kier alpha value is -2.63. The molecule has 5 nitrogen and oxygen atoms in total. The second kappa shape index (κ2) is 6.64. The number of ether oxygens (including phenoxy) is 1. The van der Waals surface area contributed by atoms with E-state index in [2.05, 4.69) is 9.88 Å². The second-order valence-corrected chi connectivity index (χ2v) is 5.44. The summed E-state index contributed by atoms with van der Waals surface area (Å²) < 4.78 is 18.7. The first-order valence-corrected chi connectivity index (χ1v) is 7.49. The van der Waals surface area contributed by atoms with Crippen LogP contribution in [-0.4, -0.2) is 35.3 Å². The molecule has 0 spiro atoms. The summed E-state index contributed by atoms with van der Waals surface area (Å²) in [5.74, 6) is 0.0268. The highest BCUT2D eigenvalue weighted by atomic mass is 19.1. The predicted octanol–water partition coefficient (Wildman–Crippen LogP) is 2.97. The standard InChI is InChI=1S/C17H17FN2O3/c18-12-4-6-13(7-5-12)23-14-8-10-20(11-9-14)16-3-1-2-15(19-16)17(21)22/h1-7,14H,8-11H2,(H,21,22). The fraction of sp³-hybridized carbons (Fsp3) is 0.294. The predicted molar refractivity (Wildman–Crippen MR) is 83.5 cm³/mol. The average Bonchev–Trinajstić information content (AvgIpc) is 2.58. The zero-order chi connectivity index (χ0) is 16.2. The lowest BCUT2D eigenvalue weighted by atomic mass is 10.1. The number of hydrogen-bond donors (Lipinski definition) is 1. The van der Waals surface area contributed by atoms with Crippen molar-refractivity contribution in [3.8, 4) is 5.75 Å². The SMILES string of the molecule is O=C(O)c1cccc(N2CCC(Oc3ccc(F)cc3)CC2)n1. The van der Waals surface area contributed by atoms with Gasteiger partial charge in [0, 0.05) is 25.9 Å². The topological polar surface area (TPSA) is 62.7 Å². The van der Waals surface area contributed by atoms with Crippen molar-refractivity contribution in [2.75, 3.05) is 18.0 Å². The van der Waals surface area contributed by atoms with Gasteiger partial charge in [-0.25, -0.2) is 14.2 Å². The van der Waals surface area contributed by atoms with Crippen molar-refractivity contribution in [2.24, 2.45) is 0 Å². The van der Waals surface area contributed by atoms with E-state index in [4.69, 9.17) is 9.84 Å². The number of carboxylic acid groups (broad SMARTS) is 1. The molecule has 0 saturated carbocycles. The minimum Gasteiger partial charge on any atom is -0.490 e. The molecule has 0 bridgehead atoms. The summed E-state index contributed by atoms with van der Waals surface area (Å²) in [5, 5.41) is 9.01. The summed E-state index contributed by atoms with van der Waals surface area (Å²) in [6, 6.07) is 11.0. The van der Waals surface area contributed by atoms with E-state index < -0.39 is 5.97 Å². The Balaban J connectivity index is 1.59. The number of rotatable bonds is 4. The van der Waals surface area contributed by atoms with Gasteiger partial charge in [0.25, 0.3) is 0 Å². The van der Waals surface area contributed by atoms with E-state index in [-0.39, 0.29) is 17.6 Å². The van der Waals surface area contributed by atoms with Crippen molar-refractivity contribution in [1.82, 2.24) is 4.98 Å². The Morgan fingerprint density at radius 1 is 1.17 bits per heavy atom. The van der Waals surface area contributed by atoms with Gasteiger partial charge in [-0.3, -0.25) is 0 Å². The van der Waals surface area contributed by atoms with Crippen LogP contribution in [0.25, 0.3) is 0 Å². The van der Waals surface area contributed by atoms with Gasteiger partial charge < -0.3 is 14.7 Å². The number of carboxylic acids is 1. The Morgan fingerprint density at radius 3 is 2.52 bits per heavy atom. The molecule has 2 aromatic rings. The van der Waals surface area contributed by atoms with Crippen molar-refractivity contribution >= 4 is 11.8 Å². The van der Waals surface area contributed by atoms with Gasteiger partial charge in [-0.1, -0.05) is 6.07 Å². The largest absolute Gasteiger partial charge is 0.490 e. The number of anilines is 1. The molecule has 3 rings (SSSR count). The molecule has 0 atom stereocenters. The minimum absolute atomic E-state index is 0.0483. The number of aromatic nitrogens is 1. The second-order valence-electron chi connectivity index (χ2n) is 5.44. The van der Waals surface area contributed by atoms with Crippen molar-refractivity contribution < 1.29 is 19.0 Å². The summed E-state index contributed by atoms with van der Waals surface area (Å²) in [4.78, 5) is 17.2. The maximum atomic E-state index is 12.9. The van der Waals surface area contributed by atoms with Crippen LogP contribution in [0, 0.1) is 5.82 Å². The normalized spacial score (nSPS) is 15.4. The number of aromatic carboxylic acids is 1. The Morgan fingerprint density at radius 2 is 1.87 bits per heavy atom. The van der Waals surface area contributed by atoms with Gasteiger partial charge >= 0.3 is 5.97 Å². The average molecular weight is 316 g/mol. The molecule has 1 aliphatic heterocycles. The lowest BCUT2D eigenvalue weighted by Crippen LogP contribution is -2.38. The van der Waals surface area contributed by atoms with Gasteiger partial charge in [0.05, 0.1) is 0 Å². The molecular formula is C17H17FN2O3. The summed E-state index contributed by atoms with van der Waals surface area (Å²) >= 11 is 0. The number of pyridine rings is 1. The van der Waals surface area contributed by atoms with E-state index in [1.807, 2.05) is 6.07 Å². The molecule has 1 aromatic heterocycles. The summed E-state index contributed by atoms with van der Waals surface area (Å²) in [6.07, 6.45) is 1.67. The van der Waals surface area contributed by atoms with E-state index in [9.17, 15) is 9.18 Å². The van der Waals surface area contributed by atoms with Gasteiger partial charge in [0.2, 0.25) is 0 Å². The van der Waals surface area contributed by atoms with Crippen LogP contribution < -0.4 is 9.64 Å². The van der Waals surface area contributed by atoms with Gasteiger partial charge in [0.1, 0.15) is 23.5 Å². The van der Waals surface area contributed by atoms with Gasteiger partial charge in [0.15, 0.2) is 5.69 Å². The van der Waals surface area contributed by atoms with Crippen LogP contribution in [0.1, 0.15) is 23.3 Å². The zero-order valence-electron chi connectivity index (χ0n) is 12.5. The summed E-state index contributed by atoms with van der Waals surface area (Å²) in [7, 11) is 0. The first-order valence-electron chi connectivity index (χ1n) is 7.49. The molecule has 1 saturated heterocycles. The van der Waals surface area contributed by atoms with Crippen LogP contribution in [0.3, 0.4) is 0 Å². The number of benzene rings is 1. The number of hydrogen-bond acceptors (Lipinski definition) is 4. The quantitative estimate of drug-likeness (QED) is 0.939. The zero-order valence-corrected chi connectivity index (χ0v) is 12.5. The van der Waals surface area contributed by atoms with Crippen LogP contribution in [0.4, 0.5) is 10.2 Å². The molecule has 1 aliphatic rings. The molecule has 2 heterocycles. The molecule has 0 unspecified atom stereocenters. The van der Waals surface area contributed by atoms with Crippen molar-refractivity contribution in [3.05, 3.63) is 54.0 Å². The maximum absolute atomic E-state index is 12.9. The van der Waals surface area contributed by atoms with E-state index >= 15 is 0 Å². The third-order valence-electron chi connectivity index (χ3n) is 3.84. The van der Waals surface area contributed by atoms with Crippen molar-refractivity contribution in [3.63, 3.8) is 0 Å². The van der Waals surface area contributed by atoms with E-state index in [1.165, 1.54) is 18.2 Å². The Kier molecular flexibility index (Phi) is 4.41. The van der Waals surface area contributed by atoms with Gasteiger partial charge in [-0.05, 0) is 36.4 Å². The number of piperidine rings is 1. The highest BCUT2D eigenvalue weighted by Crippen LogP contribution is 2.22. The summed E-state index contributed by atoms with van der Waals surface area (Å²) in [6.45, 7) is 1.48. The van der Waals surface area contributed by atoms with Crippen LogP contribution in [-0.2, 0) is 0 Å². The van der Waals surface area contributed by atoms with Crippen LogP contribution in [0.2, 0.25) is 0 Å². The molecule has 1 fully saturated rings. The Labute approximate surface area is 133 Å². The van der Waals surface area contributed by atoms with Crippen molar-refractivity contribution in [1.29, 1.82) is 0 Å². The Bertz CT molecular complexity index is 682. The summed E-state index contributed by atoms with van der Waals surface area (Å²) in [5.41, 5.74) is 0.0483. The van der Waals surface area contributed by atoms with E-state index in [0.717, 1.165) is 25.9 Å². The fourth-order valence-corrected chi connectivity index (χ4v) is 2.63. The highest BCUT2D eigenvalue weighted by molar-refractivity contribution is 5.85. The van der Waals surface area contributed by atoms with Crippen LogP contribution in [0.15, 0.2) is 42.5 Å². The van der Waals surface area contributed by atoms with Crippen LogP contribution in [0.5, 0.6) is 5.75 Å². The highest BCUT2D eigenvalue weighted by Gasteiger charge is 2.22. The molecule has 0 aliphatic carbocycles. The molecule has 0 radical (unpaired) electrons. The molecule has 6 heteroatoms. The number of nitrogens with zero attached hydrogens (tertiary/aromatic N) is 2. The third kappa shape index (κ3) is 3.77. The molecule has 120 valence electrons. The van der Waals surface area contributed by atoms with E-state index in [0.29, 0.717) is 11.6 Å². The van der Waals surface area contributed by atoms with Crippen LogP contribution >= 0.6 is 0 Å². The first-order chi connectivity index (χ1) is 11.1. The van der Waals surface area contributed by atoms with Gasteiger partial charge in [-0.15, -0.1) is 0 Å². The minimum atomic E-state index is -1.03. The number of carbonyl (C=O) groups is 1.